The molecule has 0 bridgehead atoms. The molecular weight excluding hydrogens is 601 g/mol. The first-order chi connectivity index (χ1) is 22.3. The first-order valence-electron chi connectivity index (χ1n) is 15.8. The standard InChI is InChI=1S/C37H44NO7P/c1-43-35-23-19-32(20-24-35)29-38(25-27-45-46(40,41)42)37(39)16-6-5-11-31-12-9-15-36(28-31)44-26-8-7-10-30-17-21-34(22-18-30)33-13-3-2-4-14-33/h2-4,9,12-15,17-24,28H,5-8,10-11,16,25-27,29H2,1H3,(H2,40,41,42). The number of ether oxygens (including phenoxy) is 2. The zero-order valence-corrected chi connectivity index (χ0v) is 27.3. The van der Waals surface area contributed by atoms with Gasteiger partial charge < -0.3 is 24.2 Å². The second-order valence-corrected chi connectivity index (χ2v) is 12.4. The fraction of sp³-hybridized carbons (Fsp3) is 0.324. The lowest BCUT2D eigenvalue weighted by Gasteiger charge is -2.23. The Morgan fingerprint density at radius 3 is 2.09 bits per heavy atom. The molecule has 0 fully saturated rings. The van der Waals surface area contributed by atoms with E-state index in [9.17, 15) is 9.36 Å². The molecule has 0 spiro atoms. The maximum absolute atomic E-state index is 13.1. The van der Waals surface area contributed by atoms with Crippen LogP contribution in [0.2, 0.25) is 0 Å². The molecule has 0 heterocycles. The Balaban J connectivity index is 1.16. The van der Waals surface area contributed by atoms with E-state index in [1.165, 1.54) is 16.7 Å². The molecule has 1 amide bonds. The number of hydrogen-bond acceptors (Lipinski definition) is 5. The van der Waals surface area contributed by atoms with Gasteiger partial charge >= 0.3 is 7.82 Å². The van der Waals surface area contributed by atoms with Crippen LogP contribution in [0.3, 0.4) is 0 Å². The number of nitrogens with zero attached hydrogens (tertiary/aromatic N) is 1. The minimum absolute atomic E-state index is 0.0793. The number of phosphoric acid groups is 1. The molecule has 9 heteroatoms. The summed E-state index contributed by atoms with van der Waals surface area (Å²) in [6.45, 7) is 0.805. The van der Waals surface area contributed by atoms with Crippen molar-refractivity contribution in [3.05, 3.63) is 120 Å². The van der Waals surface area contributed by atoms with E-state index in [4.69, 9.17) is 19.3 Å². The van der Waals surface area contributed by atoms with Gasteiger partial charge in [0.2, 0.25) is 5.91 Å². The Bertz CT molecular complexity index is 1520. The van der Waals surface area contributed by atoms with Crippen LogP contribution in [0.1, 0.15) is 48.8 Å². The third-order valence-electron chi connectivity index (χ3n) is 7.70. The quantitative estimate of drug-likeness (QED) is 0.0799. The van der Waals surface area contributed by atoms with Crippen molar-refractivity contribution in [2.75, 3.05) is 26.9 Å². The van der Waals surface area contributed by atoms with Crippen LogP contribution in [0, 0.1) is 0 Å². The summed E-state index contributed by atoms with van der Waals surface area (Å²) in [4.78, 5) is 32.7. The van der Waals surface area contributed by atoms with Crippen molar-refractivity contribution in [1.29, 1.82) is 0 Å². The lowest BCUT2D eigenvalue weighted by Crippen LogP contribution is -2.33. The van der Waals surface area contributed by atoms with Crippen LogP contribution in [0.5, 0.6) is 11.5 Å². The number of methoxy groups -OCH3 is 1. The van der Waals surface area contributed by atoms with Crippen LogP contribution in [0.15, 0.2) is 103 Å². The molecule has 0 atom stereocenters. The Hall–Kier alpha value is -3.94. The first-order valence-corrected chi connectivity index (χ1v) is 17.3. The number of phosphoric ester groups is 1. The first kappa shape index (κ1) is 34.9. The fourth-order valence-corrected chi connectivity index (χ4v) is 5.50. The summed E-state index contributed by atoms with van der Waals surface area (Å²) in [7, 11) is -3.02. The largest absolute Gasteiger partial charge is 0.497 e. The van der Waals surface area contributed by atoms with Crippen LogP contribution in [0.4, 0.5) is 0 Å². The van der Waals surface area contributed by atoms with Gasteiger partial charge in [-0.15, -0.1) is 0 Å². The van der Waals surface area contributed by atoms with Gasteiger partial charge in [-0.05, 0) is 90.6 Å². The van der Waals surface area contributed by atoms with Crippen molar-refractivity contribution in [2.45, 2.75) is 51.5 Å². The molecule has 0 unspecified atom stereocenters. The average Bonchev–Trinajstić information content (AvgIpc) is 3.06. The molecule has 0 saturated heterocycles. The highest BCUT2D eigenvalue weighted by atomic mass is 31.2. The SMILES string of the molecule is COc1ccc(CN(CCOP(=O)(O)O)C(=O)CCCCc2cccc(OCCCCc3ccc(-c4ccccc4)cc3)c2)cc1. The molecule has 8 nitrogen and oxygen atoms in total. The predicted molar refractivity (Wildman–Crippen MR) is 181 cm³/mol. The van der Waals surface area contributed by atoms with Crippen molar-refractivity contribution >= 4 is 13.7 Å². The highest BCUT2D eigenvalue weighted by molar-refractivity contribution is 7.46. The fourth-order valence-electron chi connectivity index (χ4n) is 5.18. The molecule has 4 aromatic carbocycles. The van der Waals surface area contributed by atoms with Crippen LogP contribution < -0.4 is 9.47 Å². The number of carbonyl (C=O) groups excluding carboxylic acids is 1. The molecule has 0 radical (unpaired) electrons. The van der Waals surface area contributed by atoms with Gasteiger partial charge in [0.05, 0.1) is 20.3 Å². The zero-order valence-electron chi connectivity index (χ0n) is 26.4. The Morgan fingerprint density at radius 2 is 1.37 bits per heavy atom. The van der Waals surface area contributed by atoms with Crippen molar-refractivity contribution in [1.82, 2.24) is 4.90 Å². The summed E-state index contributed by atoms with van der Waals surface area (Å²) < 4.78 is 26.9. The van der Waals surface area contributed by atoms with E-state index < -0.39 is 7.82 Å². The molecule has 4 aromatic rings. The highest BCUT2D eigenvalue weighted by Gasteiger charge is 2.18. The molecule has 46 heavy (non-hydrogen) atoms. The van der Waals surface area contributed by atoms with E-state index in [0.29, 0.717) is 31.7 Å². The van der Waals surface area contributed by atoms with Gasteiger partial charge in [0.15, 0.2) is 0 Å². The van der Waals surface area contributed by atoms with E-state index in [1.807, 2.05) is 42.5 Å². The van der Waals surface area contributed by atoms with Crippen LogP contribution >= 0.6 is 7.82 Å². The van der Waals surface area contributed by atoms with Crippen molar-refractivity contribution in [3.63, 3.8) is 0 Å². The monoisotopic (exact) mass is 645 g/mol. The summed E-state index contributed by atoms with van der Waals surface area (Å²) >= 11 is 0. The Labute approximate surface area is 272 Å². The van der Waals surface area contributed by atoms with Crippen molar-refractivity contribution in [3.8, 4) is 22.6 Å². The molecule has 0 aliphatic heterocycles. The lowest BCUT2D eigenvalue weighted by molar-refractivity contribution is -0.132. The predicted octanol–water partition coefficient (Wildman–Crippen LogP) is 7.61. The molecule has 0 aliphatic carbocycles. The van der Waals surface area contributed by atoms with Crippen LogP contribution in [0.25, 0.3) is 11.1 Å². The number of benzene rings is 4. The smallest absolute Gasteiger partial charge is 0.469 e. The minimum atomic E-state index is -4.61. The lowest BCUT2D eigenvalue weighted by atomic mass is 10.0. The van der Waals surface area contributed by atoms with Gasteiger partial charge in [0, 0.05) is 19.5 Å². The molecular formula is C37H44NO7P. The number of aryl methyl sites for hydroxylation is 2. The van der Waals surface area contributed by atoms with Crippen LogP contribution in [-0.4, -0.2) is 47.5 Å². The maximum atomic E-state index is 13.1. The van der Waals surface area contributed by atoms with E-state index in [2.05, 4.69) is 65.2 Å². The van der Waals surface area contributed by atoms with Crippen LogP contribution in [-0.2, 0) is 33.3 Å². The van der Waals surface area contributed by atoms with E-state index in [0.717, 1.165) is 49.0 Å². The third-order valence-corrected chi connectivity index (χ3v) is 8.22. The van der Waals surface area contributed by atoms with Gasteiger partial charge in [0.25, 0.3) is 0 Å². The third kappa shape index (κ3) is 12.5. The number of carbonyl (C=O) groups is 1. The van der Waals surface area contributed by atoms with Gasteiger partial charge in [-0.2, -0.15) is 0 Å². The molecule has 4 rings (SSSR count). The number of unbranched alkanes of at least 4 members (excludes halogenated alkanes) is 2. The molecule has 244 valence electrons. The van der Waals surface area contributed by atoms with Gasteiger partial charge in [-0.3, -0.25) is 9.32 Å². The van der Waals surface area contributed by atoms with Crippen molar-refractivity contribution < 1.29 is 33.1 Å². The maximum Gasteiger partial charge on any atom is 0.469 e. The minimum Gasteiger partial charge on any atom is -0.497 e. The normalized spacial score (nSPS) is 11.3. The summed E-state index contributed by atoms with van der Waals surface area (Å²) in [5.74, 6) is 1.48. The Morgan fingerprint density at radius 1 is 0.696 bits per heavy atom. The number of amides is 1. The highest BCUT2D eigenvalue weighted by Crippen LogP contribution is 2.35. The second-order valence-electron chi connectivity index (χ2n) is 11.2. The summed E-state index contributed by atoms with van der Waals surface area (Å²) in [6, 6.07) is 34.7. The summed E-state index contributed by atoms with van der Waals surface area (Å²) in [6.07, 6.45) is 5.71. The van der Waals surface area contributed by atoms with E-state index in [1.54, 1.807) is 12.0 Å². The van der Waals surface area contributed by atoms with Gasteiger partial charge in [-0.1, -0.05) is 78.9 Å². The topological polar surface area (TPSA) is 106 Å². The molecule has 2 N–H and O–H groups in total. The molecule has 0 saturated carbocycles. The molecule has 0 aromatic heterocycles. The van der Waals surface area contributed by atoms with Gasteiger partial charge in [0.1, 0.15) is 11.5 Å². The number of hydrogen-bond donors (Lipinski definition) is 2. The van der Waals surface area contributed by atoms with E-state index in [-0.39, 0.29) is 19.1 Å². The summed E-state index contributed by atoms with van der Waals surface area (Å²) in [5, 5.41) is 0. The second kappa shape index (κ2) is 18.3. The van der Waals surface area contributed by atoms with E-state index >= 15 is 0 Å². The van der Waals surface area contributed by atoms with Gasteiger partial charge in [-0.25, -0.2) is 4.57 Å². The van der Waals surface area contributed by atoms with Crippen molar-refractivity contribution in [2.24, 2.45) is 0 Å². The number of rotatable bonds is 19. The summed E-state index contributed by atoms with van der Waals surface area (Å²) in [5.41, 5.74) is 5.85. The average molecular weight is 646 g/mol. The zero-order chi connectivity index (χ0) is 32.6. The molecule has 0 aliphatic rings. The Kier molecular flexibility index (Phi) is 13.9.